The lowest BCUT2D eigenvalue weighted by Crippen LogP contribution is -2.20. The second-order valence-corrected chi connectivity index (χ2v) is 4.05. The van der Waals surface area contributed by atoms with Crippen LogP contribution in [0.15, 0.2) is 30.9 Å². The summed E-state index contributed by atoms with van der Waals surface area (Å²) in [5.74, 6) is 0.422. The van der Waals surface area contributed by atoms with Gasteiger partial charge < -0.3 is 9.84 Å². The van der Waals surface area contributed by atoms with Gasteiger partial charge in [-0.1, -0.05) is 23.2 Å². The first-order valence-electron chi connectivity index (χ1n) is 4.77. The van der Waals surface area contributed by atoms with Crippen molar-refractivity contribution in [3.05, 3.63) is 40.9 Å². The molecule has 0 fully saturated rings. The highest BCUT2D eigenvalue weighted by molar-refractivity contribution is 6.35. The maximum atomic E-state index is 9.22. The summed E-state index contributed by atoms with van der Waals surface area (Å²) in [5.41, 5.74) is 0. The van der Waals surface area contributed by atoms with E-state index < -0.39 is 6.23 Å². The molecule has 17 heavy (non-hydrogen) atoms. The fourth-order valence-electron chi connectivity index (χ4n) is 1.26. The van der Waals surface area contributed by atoms with Crippen molar-refractivity contribution in [2.45, 2.75) is 6.23 Å². The number of halogens is 2. The van der Waals surface area contributed by atoms with E-state index in [0.29, 0.717) is 15.8 Å². The highest BCUT2D eigenvalue weighted by Gasteiger charge is 2.14. The SMILES string of the molecule is OCC(Oc1ccc(Cl)cc1Cl)n1cncn1. The second kappa shape index (κ2) is 5.35. The Labute approximate surface area is 108 Å². The van der Waals surface area contributed by atoms with Crippen LogP contribution < -0.4 is 4.74 Å². The minimum atomic E-state index is -0.670. The zero-order valence-electron chi connectivity index (χ0n) is 8.62. The zero-order chi connectivity index (χ0) is 12.3. The third kappa shape index (κ3) is 2.88. The van der Waals surface area contributed by atoms with E-state index in [1.165, 1.54) is 17.3 Å². The molecule has 0 aliphatic carbocycles. The molecule has 2 rings (SSSR count). The third-order valence-electron chi connectivity index (χ3n) is 2.04. The molecule has 0 spiro atoms. The van der Waals surface area contributed by atoms with Crippen molar-refractivity contribution in [3.8, 4) is 5.75 Å². The number of ether oxygens (including phenoxy) is 1. The van der Waals surface area contributed by atoms with Gasteiger partial charge in [0.2, 0.25) is 6.23 Å². The van der Waals surface area contributed by atoms with Gasteiger partial charge in [-0.15, -0.1) is 0 Å². The van der Waals surface area contributed by atoms with Gasteiger partial charge in [0.1, 0.15) is 25.0 Å². The molecule has 2 aromatic rings. The molecule has 0 saturated heterocycles. The molecular formula is C10H9Cl2N3O2. The van der Waals surface area contributed by atoms with Crippen LogP contribution in [0.25, 0.3) is 0 Å². The van der Waals surface area contributed by atoms with Crippen LogP contribution in [0.5, 0.6) is 5.75 Å². The molecule has 0 aliphatic heterocycles. The van der Waals surface area contributed by atoms with E-state index in [-0.39, 0.29) is 6.61 Å². The molecule has 0 amide bonds. The number of nitrogens with zero attached hydrogens (tertiary/aromatic N) is 3. The molecule has 1 N–H and O–H groups in total. The van der Waals surface area contributed by atoms with Gasteiger partial charge in [0.25, 0.3) is 0 Å². The molecule has 0 aliphatic rings. The maximum Gasteiger partial charge on any atom is 0.216 e. The molecular weight excluding hydrogens is 265 g/mol. The molecule has 1 aromatic heterocycles. The van der Waals surface area contributed by atoms with Gasteiger partial charge in [0, 0.05) is 5.02 Å². The van der Waals surface area contributed by atoms with E-state index in [1.54, 1.807) is 18.2 Å². The predicted octanol–water partition coefficient (Wildman–Crippen LogP) is 2.15. The summed E-state index contributed by atoms with van der Waals surface area (Å²) in [4.78, 5) is 3.78. The minimum absolute atomic E-state index is 0.248. The first kappa shape index (κ1) is 12.2. The third-order valence-corrected chi connectivity index (χ3v) is 2.58. The molecule has 90 valence electrons. The van der Waals surface area contributed by atoms with Crippen LogP contribution in [-0.4, -0.2) is 26.5 Å². The molecule has 0 saturated carbocycles. The number of hydrogen-bond acceptors (Lipinski definition) is 4. The standard InChI is InChI=1S/C10H9Cl2N3O2/c11-7-1-2-9(8(12)3-7)17-10(4-16)15-6-13-5-14-15/h1-3,5-6,10,16H,4H2. The quantitative estimate of drug-likeness (QED) is 0.928. The van der Waals surface area contributed by atoms with Crippen LogP contribution in [0.4, 0.5) is 0 Å². The van der Waals surface area contributed by atoms with Gasteiger partial charge in [0.15, 0.2) is 0 Å². The van der Waals surface area contributed by atoms with Gasteiger partial charge in [-0.25, -0.2) is 9.67 Å². The molecule has 1 aromatic carbocycles. The highest BCUT2D eigenvalue weighted by Crippen LogP contribution is 2.29. The van der Waals surface area contributed by atoms with Crippen molar-refractivity contribution in [3.63, 3.8) is 0 Å². The Morgan fingerprint density at radius 2 is 2.24 bits per heavy atom. The van der Waals surface area contributed by atoms with Crippen molar-refractivity contribution in [1.29, 1.82) is 0 Å². The van der Waals surface area contributed by atoms with Gasteiger partial charge in [-0.05, 0) is 18.2 Å². The lowest BCUT2D eigenvalue weighted by molar-refractivity contribution is 0.0511. The summed E-state index contributed by atoms with van der Waals surface area (Å²) >= 11 is 11.7. The summed E-state index contributed by atoms with van der Waals surface area (Å²) in [6.45, 7) is -0.248. The average molecular weight is 274 g/mol. The topological polar surface area (TPSA) is 60.2 Å². The Kier molecular flexibility index (Phi) is 3.83. The van der Waals surface area contributed by atoms with E-state index in [1.807, 2.05) is 0 Å². The number of hydrogen-bond donors (Lipinski definition) is 1. The second-order valence-electron chi connectivity index (χ2n) is 3.21. The average Bonchev–Trinajstić information content (AvgIpc) is 2.81. The largest absolute Gasteiger partial charge is 0.465 e. The maximum absolute atomic E-state index is 9.22. The van der Waals surface area contributed by atoms with Crippen LogP contribution in [0, 0.1) is 0 Å². The van der Waals surface area contributed by atoms with E-state index in [2.05, 4.69) is 10.1 Å². The smallest absolute Gasteiger partial charge is 0.216 e. The first-order chi connectivity index (χ1) is 8.20. The van der Waals surface area contributed by atoms with Crippen LogP contribution in [0.2, 0.25) is 10.0 Å². The normalized spacial score (nSPS) is 12.4. The van der Waals surface area contributed by atoms with Gasteiger partial charge in [-0.3, -0.25) is 0 Å². The van der Waals surface area contributed by atoms with Crippen molar-refractivity contribution >= 4 is 23.2 Å². The Hall–Kier alpha value is -1.30. The number of aliphatic hydroxyl groups is 1. The Bertz CT molecular complexity index is 490. The monoisotopic (exact) mass is 273 g/mol. The zero-order valence-corrected chi connectivity index (χ0v) is 10.1. The number of benzene rings is 1. The number of aliphatic hydroxyl groups excluding tert-OH is 1. The molecule has 1 atom stereocenters. The summed E-state index contributed by atoms with van der Waals surface area (Å²) in [7, 11) is 0. The minimum Gasteiger partial charge on any atom is -0.465 e. The van der Waals surface area contributed by atoms with Crippen LogP contribution in [0.3, 0.4) is 0 Å². The predicted molar refractivity (Wildman–Crippen MR) is 63.2 cm³/mol. The number of rotatable bonds is 4. The summed E-state index contributed by atoms with van der Waals surface area (Å²) in [6.07, 6.45) is 2.14. The molecule has 1 heterocycles. The molecule has 7 heteroatoms. The van der Waals surface area contributed by atoms with E-state index >= 15 is 0 Å². The van der Waals surface area contributed by atoms with E-state index in [4.69, 9.17) is 27.9 Å². The summed E-state index contributed by atoms with van der Waals surface area (Å²) < 4.78 is 6.91. The first-order valence-corrected chi connectivity index (χ1v) is 5.53. The van der Waals surface area contributed by atoms with Gasteiger partial charge in [0.05, 0.1) is 5.02 Å². The van der Waals surface area contributed by atoms with Crippen molar-refractivity contribution in [2.24, 2.45) is 0 Å². The Morgan fingerprint density at radius 1 is 1.41 bits per heavy atom. The van der Waals surface area contributed by atoms with Gasteiger partial charge >= 0.3 is 0 Å². The fourth-order valence-corrected chi connectivity index (χ4v) is 1.71. The van der Waals surface area contributed by atoms with E-state index in [9.17, 15) is 5.11 Å². The lowest BCUT2D eigenvalue weighted by atomic mass is 10.3. The van der Waals surface area contributed by atoms with Crippen molar-refractivity contribution in [2.75, 3.05) is 6.61 Å². The van der Waals surface area contributed by atoms with Crippen LogP contribution in [0.1, 0.15) is 6.23 Å². The summed E-state index contributed by atoms with van der Waals surface area (Å²) in [6, 6.07) is 4.84. The van der Waals surface area contributed by atoms with E-state index in [0.717, 1.165) is 0 Å². The Morgan fingerprint density at radius 3 is 2.82 bits per heavy atom. The fraction of sp³-hybridized carbons (Fsp3) is 0.200. The lowest BCUT2D eigenvalue weighted by Gasteiger charge is -2.17. The molecule has 1 unspecified atom stereocenters. The van der Waals surface area contributed by atoms with Crippen molar-refractivity contribution < 1.29 is 9.84 Å². The number of aromatic nitrogens is 3. The molecule has 0 bridgehead atoms. The Balaban J connectivity index is 2.19. The molecule has 5 nitrogen and oxygen atoms in total. The summed E-state index contributed by atoms with van der Waals surface area (Å²) in [5, 5.41) is 14.0. The van der Waals surface area contributed by atoms with Crippen molar-refractivity contribution in [1.82, 2.24) is 14.8 Å². The molecule has 0 radical (unpaired) electrons. The van der Waals surface area contributed by atoms with Crippen LogP contribution >= 0.6 is 23.2 Å². The highest BCUT2D eigenvalue weighted by atomic mass is 35.5. The van der Waals surface area contributed by atoms with Crippen LogP contribution in [-0.2, 0) is 0 Å². The van der Waals surface area contributed by atoms with Gasteiger partial charge in [-0.2, -0.15) is 5.10 Å².